The smallest absolute Gasteiger partial charge is 0.239 e. The molecule has 2 atom stereocenters. The number of anilines is 1. The number of benzene rings is 1. The van der Waals surface area contributed by atoms with Gasteiger partial charge >= 0.3 is 0 Å². The van der Waals surface area contributed by atoms with Gasteiger partial charge in [0.1, 0.15) is 0 Å². The van der Waals surface area contributed by atoms with E-state index in [1.807, 2.05) is 17.0 Å². The molecule has 0 aromatic heterocycles. The summed E-state index contributed by atoms with van der Waals surface area (Å²) in [6, 6.07) is 5.14. The van der Waals surface area contributed by atoms with E-state index in [0.717, 1.165) is 36.9 Å². The molecule has 3 N–H and O–H groups in total. The second-order valence-corrected chi connectivity index (χ2v) is 8.27. The van der Waals surface area contributed by atoms with Gasteiger partial charge in [0.25, 0.3) is 0 Å². The van der Waals surface area contributed by atoms with Crippen molar-refractivity contribution in [2.24, 2.45) is 17.6 Å². The van der Waals surface area contributed by atoms with Crippen molar-refractivity contribution in [2.45, 2.75) is 37.6 Å². The number of nitrogens with one attached hydrogen (secondary N) is 1. The van der Waals surface area contributed by atoms with Crippen LogP contribution in [0.3, 0.4) is 0 Å². The molecule has 1 aromatic carbocycles. The van der Waals surface area contributed by atoms with E-state index in [4.69, 9.17) is 22.1 Å². The second kappa shape index (κ2) is 8.99. The Morgan fingerprint density at radius 1 is 1.21 bits per heavy atom. The van der Waals surface area contributed by atoms with Gasteiger partial charge in [0.05, 0.1) is 12.0 Å². The first-order chi connectivity index (χ1) is 13.0. The van der Waals surface area contributed by atoms with Crippen LogP contribution >= 0.6 is 24.0 Å². The van der Waals surface area contributed by atoms with Gasteiger partial charge in [0.15, 0.2) is 0 Å². The van der Waals surface area contributed by atoms with Gasteiger partial charge in [-0.05, 0) is 55.2 Å². The third-order valence-electron chi connectivity index (χ3n) is 6.27. The van der Waals surface area contributed by atoms with Gasteiger partial charge in [-0.25, -0.2) is 0 Å². The molecule has 3 aliphatic rings. The summed E-state index contributed by atoms with van der Waals surface area (Å²) >= 11 is 6.04. The molecule has 0 spiro atoms. The van der Waals surface area contributed by atoms with Crippen molar-refractivity contribution in [3.05, 3.63) is 28.8 Å². The molecule has 8 heteroatoms. The van der Waals surface area contributed by atoms with Crippen LogP contribution in [0.1, 0.15) is 37.2 Å². The number of likely N-dealkylation sites (tertiary alicyclic amines) is 1. The largest absolute Gasteiger partial charge is 0.381 e. The second-order valence-electron chi connectivity index (χ2n) is 7.84. The Bertz CT molecular complexity index is 731. The molecule has 0 saturated carbocycles. The van der Waals surface area contributed by atoms with E-state index in [9.17, 15) is 9.59 Å². The molecule has 28 heavy (non-hydrogen) atoms. The molecule has 2 amide bonds. The first-order valence-electron chi connectivity index (χ1n) is 9.77. The fourth-order valence-corrected chi connectivity index (χ4v) is 4.84. The van der Waals surface area contributed by atoms with E-state index in [0.29, 0.717) is 31.3 Å². The van der Waals surface area contributed by atoms with Crippen molar-refractivity contribution in [2.75, 3.05) is 31.6 Å². The average molecular weight is 428 g/mol. The minimum absolute atomic E-state index is 0. The van der Waals surface area contributed by atoms with Crippen LogP contribution < -0.4 is 11.1 Å². The molecule has 2 fully saturated rings. The van der Waals surface area contributed by atoms with E-state index in [-0.39, 0.29) is 42.0 Å². The summed E-state index contributed by atoms with van der Waals surface area (Å²) in [4.78, 5) is 27.2. The molecular formula is C20H27Cl2N3O3. The van der Waals surface area contributed by atoms with Gasteiger partial charge < -0.3 is 20.7 Å². The maximum atomic E-state index is 12.8. The molecule has 2 unspecified atom stereocenters. The molecule has 154 valence electrons. The number of rotatable bonds is 3. The molecule has 0 aliphatic carbocycles. The third kappa shape index (κ3) is 4.15. The Labute approximate surface area is 176 Å². The number of ether oxygens (including phenoxy) is 1. The maximum Gasteiger partial charge on any atom is 0.239 e. The highest BCUT2D eigenvalue weighted by atomic mass is 35.5. The molecule has 0 radical (unpaired) electrons. The van der Waals surface area contributed by atoms with Crippen LogP contribution in [0, 0.1) is 11.8 Å². The number of carbonyl (C=O) groups excluding carboxylic acids is 2. The van der Waals surface area contributed by atoms with Crippen molar-refractivity contribution in [3.63, 3.8) is 0 Å². The molecule has 3 aliphatic heterocycles. The Morgan fingerprint density at radius 2 is 1.89 bits per heavy atom. The quantitative estimate of drug-likeness (QED) is 0.776. The zero-order valence-electron chi connectivity index (χ0n) is 15.7. The molecule has 4 rings (SSSR count). The molecule has 6 nitrogen and oxygen atoms in total. The van der Waals surface area contributed by atoms with Crippen LogP contribution in [0.5, 0.6) is 0 Å². The lowest BCUT2D eigenvalue weighted by Gasteiger charge is -2.37. The van der Waals surface area contributed by atoms with Crippen LogP contribution in [0.2, 0.25) is 5.02 Å². The summed E-state index contributed by atoms with van der Waals surface area (Å²) in [5, 5.41) is 3.57. The van der Waals surface area contributed by atoms with Gasteiger partial charge in [-0.2, -0.15) is 0 Å². The molecular weight excluding hydrogens is 401 g/mol. The van der Waals surface area contributed by atoms with Crippen LogP contribution in [-0.2, 0) is 14.3 Å². The predicted octanol–water partition coefficient (Wildman–Crippen LogP) is 2.79. The number of nitrogens with zero attached hydrogens (tertiary/aromatic N) is 1. The number of halogens is 2. The monoisotopic (exact) mass is 427 g/mol. The van der Waals surface area contributed by atoms with Crippen LogP contribution in [-0.4, -0.2) is 49.1 Å². The standard InChI is InChI=1S/C20H26ClN3O3.ClH/c21-14-1-2-15-16(11-14)23-19(25)17(15)12-3-7-24(8-4-12)20(26)18(22)13-5-9-27-10-6-13;/h1-2,11-13,17-18H,3-10,22H2,(H,23,25);1H. The summed E-state index contributed by atoms with van der Waals surface area (Å²) in [6.45, 7) is 2.70. The number of fused-ring (bicyclic) bond motifs is 1. The number of carbonyl (C=O) groups is 2. The highest BCUT2D eigenvalue weighted by Gasteiger charge is 2.40. The number of nitrogens with two attached hydrogens (primary N) is 1. The fraction of sp³-hybridized carbons (Fsp3) is 0.600. The fourth-order valence-electron chi connectivity index (χ4n) is 4.67. The molecule has 2 saturated heterocycles. The molecule has 0 bridgehead atoms. The lowest BCUT2D eigenvalue weighted by molar-refractivity contribution is -0.136. The Morgan fingerprint density at radius 3 is 2.57 bits per heavy atom. The topological polar surface area (TPSA) is 84.7 Å². The van der Waals surface area contributed by atoms with Gasteiger partial charge in [-0.15, -0.1) is 12.4 Å². The van der Waals surface area contributed by atoms with Crippen molar-refractivity contribution in [3.8, 4) is 0 Å². The molecule has 3 heterocycles. The van der Waals surface area contributed by atoms with Gasteiger partial charge in [-0.1, -0.05) is 17.7 Å². The van der Waals surface area contributed by atoms with Crippen molar-refractivity contribution in [1.29, 1.82) is 0 Å². The lowest BCUT2D eigenvalue weighted by Crippen LogP contribution is -2.51. The van der Waals surface area contributed by atoms with Crippen LogP contribution in [0.4, 0.5) is 5.69 Å². The first kappa shape index (κ1) is 21.4. The van der Waals surface area contributed by atoms with Gasteiger partial charge in [0, 0.05) is 37.0 Å². The van der Waals surface area contributed by atoms with Crippen molar-refractivity contribution < 1.29 is 14.3 Å². The van der Waals surface area contributed by atoms with Crippen LogP contribution in [0.15, 0.2) is 18.2 Å². The van der Waals surface area contributed by atoms with E-state index in [1.165, 1.54) is 0 Å². The molecule has 1 aromatic rings. The zero-order chi connectivity index (χ0) is 19.0. The first-order valence-corrected chi connectivity index (χ1v) is 10.1. The summed E-state index contributed by atoms with van der Waals surface area (Å²) < 4.78 is 5.37. The summed E-state index contributed by atoms with van der Waals surface area (Å²) in [5.74, 6) is 0.370. The third-order valence-corrected chi connectivity index (χ3v) is 6.51. The summed E-state index contributed by atoms with van der Waals surface area (Å²) in [7, 11) is 0. The number of amides is 2. The van der Waals surface area contributed by atoms with E-state index in [1.54, 1.807) is 6.07 Å². The minimum atomic E-state index is -0.442. The zero-order valence-corrected chi connectivity index (χ0v) is 17.3. The predicted molar refractivity (Wildman–Crippen MR) is 111 cm³/mol. The van der Waals surface area contributed by atoms with E-state index < -0.39 is 6.04 Å². The number of hydrogen-bond acceptors (Lipinski definition) is 4. The van der Waals surface area contributed by atoms with Gasteiger partial charge in [-0.3, -0.25) is 9.59 Å². The number of hydrogen-bond donors (Lipinski definition) is 2. The minimum Gasteiger partial charge on any atom is -0.381 e. The highest BCUT2D eigenvalue weighted by molar-refractivity contribution is 6.31. The Balaban J connectivity index is 0.00000225. The van der Waals surface area contributed by atoms with Crippen molar-refractivity contribution in [1.82, 2.24) is 4.90 Å². The van der Waals surface area contributed by atoms with Crippen LogP contribution in [0.25, 0.3) is 0 Å². The normalized spacial score (nSPS) is 24.3. The highest BCUT2D eigenvalue weighted by Crippen LogP contribution is 2.42. The Kier molecular flexibility index (Phi) is 6.86. The summed E-state index contributed by atoms with van der Waals surface area (Å²) in [6.07, 6.45) is 3.33. The summed E-state index contributed by atoms with van der Waals surface area (Å²) in [5.41, 5.74) is 8.09. The van der Waals surface area contributed by atoms with Crippen molar-refractivity contribution >= 4 is 41.5 Å². The van der Waals surface area contributed by atoms with E-state index in [2.05, 4.69) is 5.32 Å². The lowest BCUT2D eigenvalue weighted by atomic mass is 9.80. The average Bonchev–Trinajstić information content (AvgIpc) is 3.02. The van der Waals surface area contributed by atoms with Gasteiger partial charge in [0.2, 0.25) is 11.8 Å². The number of piperidine rings is 1. The Hall–Kier alpha value is -1.34. The van der Waals surface area contributed by atoms with E-state index >= 15 is 0 Å². The SMILES string of the molecule is Cl.NC(C(=O)N1CCC(C2C(=O)Nc3cc(Cl)ccc32)CC1)C1CCOCC1. The maximum absolute atomic E-state index is 12.8.